The van der Waals surface area contributed by atoms with Gasteiger partial charge in [0.1, 0.15) is 11.6 Å². The number of nitrogens with one attached hydrogen (secondary N) is 1. The Kier molecular flexibility index (Phi) is 5.29. The first kappa shape index (κ1) is 19.7. The topological polar surface area (TPSA) is 56.1 Å². The van der Waals surface area contributed by atoms with Gasteiger partial charge in [-0.25, -0.2) is 0 Å². The summed E-state index contributed by atoms with van der Waals surface area (Å²) < 4.78 is 0. The Hall–Kier alpha value is -3.06. The van der Waals surface area contributed by atoms with Crippen LogP contribution in [0.4, 0.5) is 11.4 Å². The van der Waals surface area contributed by atoms with E-state index in [1.807, 2.05) is 43.3 Å². The van der Waals surface area contributed by atoms with Crippen LogP contribution in [0.1, 0.15) is 49.8 Å². The second-order valence-electron chi connectivity index (χ2n) is 8.23. The molecule has 1 atom stereocenters. The van der Waals surface area contributed by atoms with Crippen molar-refractivity contribution < 1.29 is 4.79 Å². The molecule has 0 saturated carbocycles. The number of aryl methyl sites for hydroxylation is 1. The van der Waals surface area contributed by atoms with E-state index in [0.717, 1.165) is 23.2 Å². The lowest BCUT2D eigenvalue weighted by Crippen LogP contribution is -2.45. The van der Waals surface area contributed by atoms with Crippen LogP contribution in [0.3, 0.4) is 0 Å². The van der Waals surface area contributed by atoms with Crippen molar-refractivity contribution in [2.45, 2.75) is 45.6 Å². The molecule has 0 spiro atoms. The smallest absolute Gasteiger partial charge is 0.266 e. The zero-order valence-corrected chi connectivity index (χ0v) is 17.2. The summed E-state index contributed by atoms with van der Waals surface area (Å²) in [5.74, 6) is 0.0294. The molecule has 0 fully saturated rings. The van der Waals surface area contributed by atoms with Gasteiger partial charge in [-0.1, -0.05) is 31.2 Å². The molecule has 0 saturated heterocycles. The largest absolute Gasteiger partial charge is 0.369 e. The number of hydrogen-bond donors (Lipinski definition) is 1. The van der Waals surface area contributed by atoms with Crippen molar-refractivity contribution in [3.63, 3.8) is 0 Å². The molecule has 0 aliphatic carbocycles. The lowest BCUT2D eigenvalue weighted by molar-refractivity contribution is -0.112. The average Bonchev–Trinajstić information content (AvgIpc) is 2.65. The molecule has 0 bridgehead atoms. The Morgan fingerprint density at radius 2 is 2.00 bits per heavy atom. The molecule has 2 aromatic carbocycles. The van der Waals surface area contributed by atoms with E-state index in [1.165, 1.54) is 11.3 Å². The number of rotatable bonds is 3. The molecule has 1 N–H and O–H groups in total. The van der Waals surface area contributed by atoms with Crippen LogP contribution in [-0.2, 0) is 4.79 Å². The van der Waals surface area contributed by atoms with Gasteiger partial charge in [-0.15, -0.1) is 0 Å². The maximum Gasteiger partial charge on any atom is 0.266 e. The molecule has 3 rings (SSSR count). The van der Waals surface area contributed by atoms with Gasteiger partial charge >= 0.3 is 0 Å². The third-order valence-electron chi connectivity index (χ3n) is 5.73. The van der Waals surface area contributed by atoms with Crippen molar-refractivity contribution in [2.75, 3.05) is 17.3 Å². The SMILES string of the molecule is Cc1ccccc1NC(=O)/C(C#N)=C\c1ccc2c(c1)[C@@H](C)CC(C)(C)N2C. The second-order valence-corrected chi connectivity index (χ2v) is 8.23. The van der Waals surface area contributed by atoms with E-state index < -0.39 is 0 Å². The Labute approximate surface area is 167 Å². The van der Waals surface area contributed by atoms with Gasteiger partial charge in [0, 0.05) is 24.0 Å². The van der Waals surface area contributed by atoms with Gasteiger partial charge in [0.25, 0.3) is 5.91 Å². The van der Waals surface area contributed by atoms with Crippen LogP contribution in [-0.4, -0.2) is 18.5 Å². The highest BCUT2D eigenvalue weighted by atomic mass is 16.1. The van der Waals surface area contributed by atoms with E-state index in [9.17, 15) is 10.1 Å². The fraction of sp³-hybridized carbons (Fsp3) is 0.333. The number of carbonyl (C=O) groups is 1. The minimum absolute atomic E-state index is 0.0975. The fourth-order valence-corrected chi connectivity index (χ4v) is 3.90. The quantitative estimate of drug-likeness (QED) is 0.589. The van der Waals surface area contributed by atoms with Crippen LogP contribution >= 0.6 is 0 Å². The zero-order valence-electron chi connectivity index (χ0n) is 17.2. The van der Waals surface area contributed by atoms with Crippen molar-refractivity contribution in [3.05, 3.63) is 64.7 Å². The molecule has 144 valence electrons. The van der Waals surface area contributed by atoms with Crippen LogP contribution in [0.2, 0.25) is 0 Å². The molecule has 1 aliphatic rings. The van der Waals surface area contributed by atoms with E-state index in [-0.39, 0.29) is 17.0 Å². The van der Waals surface area contributed by atoms with Crippen LogP contribution in [0.25, 0.3) is 6.08 Å². The molecule has 1 heterocycles. The summed E-state index contributed by atoms with van der Waals surface area (Å²) in [6.45, 7) is 8.67. The van der Waals surface area contributed by atoms with Gasteiger partial charge in [-0.3, -0.25) is 4.79 Å². The maximum absolute atomic E-state index is 12.6. The standard InChI is InChI=1S/C24H27N3O/c1-16-8-6-7-9-21(16)26-23(28)19(15-25)12-18-10-11-22-20(13-18)17(2)14-24(3,4)27(22)5/h6-13,17H,14H2,1-5H3,(H,26,28)/b19-12-/t17-/m0/s1. The highest BCUT2D eigenvalue weighted by Gasteiger charge is 2.33. The summed E-state index contributed by atoms with van der Waals surface area (Å²) in [6.07, 6.45) is 2.73. The molecule has 0 unspecified atom stereocenters. The first-order valence-electron chi connectivity index (χ1n) is 9.59. The number of nitriles is 1. The number of benzene rings is 2. The van der Waals surface area contributed by atoms with Crippen molar-refractivity contribution >= 4 is 23.4 Å². The van der Waals surface area contributed by atoms with Crippen LogP contribution in [0.15, 0.2) is 48.0 Å². The third kappa shape index (κ3) is 3.80. The molecule has 1 amide bonds. The Morgan fingerprint density at radius 1 is 1.29 bits per heavy atom. The molecule has 0 aromatic heterocycles. The number of carbonyl (C=O) groups excluding carboxylic acids is 1. The number of nitrogens with zero attached hydrogens (tertiary/aromatic N) is 2. The van der Waals surface area contributed by atoms with Crippen molar-refractivity contribution in [3.8, 4) is 6.07 Å². The van der Waals surface area contributed by atoms with Gasteiger partial charge in [-0.2, -0.15) is 5.26 Å². The number of anilines is 2. The van der Waals surface area contributed by atoms with E-state index in [2.05, 4.69) is 50.2 Å². The lowest BCUT2D eigenvalue weighted by Gasteiger charge is -2.45. The second kappa shape index (κ2) is 7.52. The van der Waals surface area contributed by atoms with E-state index in [4.69, 9.17) is 0 Å². The molecular weight excluding hydrogens is 346 g/mol. The average molecular weight is 374 g/mol. The molecule has 2 aromatic rings. The Bertz CT molecular complexity index is 982. The third-order valence-corrected chi connectivity index (χ3v) is 5.73. The first-order valence-corrected chi connectivity index (χ1v) is 9.59. The highest BCUT2D eigenvalue weighted by Crippen LogP contribution is 2.42. The summed E-state index contributed by atoms with van der Waals surface area (Å²) in [5, 5.41) is 12.4. The van der Waals surface area contributed by atoms with Gasteiger partial charge in [0.05, 0.1) is 0 Å². The fourth-order valence-electron chi connectivity index (χ4n) is 3.90. The number of hydrogen-bond acceptors (Lipinski definition) is 3. The lowest BCUT2D eigenvalue weighted by atomic mass is 9.80. The molecular formula is C24H27N3O. The normalized spacial score (nSPS) is 18.2. The maximum atomic E-state index is 12.6. The van der Waals surface area contributed by atoms with Crippen molar-refractivity contribution in [1.29, 1.82) is 5.26 Å². The Morgan fingerprint density at radius 3 is 2.68 bits per heavy atom. The molecule has 4 nitrogen and oxygen atoms in total. The van der Waals surface area contributed by atoms with Crippen LogP contribution < -0.4 is 10.2 Å². The Balaban J connectivity index is 1.90. The summed E-state index contributed by atoms with van der Waals surface area (Å²) >= 11 is 0. The van der Waals surface area contributed by atoms with Gasteiger partial charge in [0.15, 0.2) is 0 Å². The van der Waals surface area contributed by atoms with E-state index in [0.29, 0.717) is 5.92 Å². The number of amides is 1. The minimum Gasteiger partial charge on any atom is -0.369 e. The van der Waals surface area contributed by atoms with Crippen molar-refractivity contribution in [2.24, 2.45) is 0 Å². The van der Waals surface area contributed by atoms with Gasteiger partial charge in [0.2, 0.25) is 0 Å². The molecule has 0 radical (unpaired) electrons. The first-order chi connectivity index (χ1) is 13.2. The zero-order chi connectivity index (χ0) is 20.5. The van der Waals surface area contributed by atoms with Crippen LogP contribution in [0, 0.1) is 18.3 Å². The summed E-state index contributed by atoms with van der Waals surface area (Å²) in [6, 6.07) is 15.7. The van der Waals surface area contributed by atoms with Gasteiger partial charge < -0.3 is 10.2 Å². The predicted molar refractivity (Wildman–Crippen MR) is 115 cm³/mol. The van der Waals surface area contributed by atoms with E-state index >= 15 is 0 Å². The summed E-state index contributed by atoms with van der Waals surface area (Å²) in [4.78, 5) is 14.9. The van der Waals surface area contributed by atoms with Gasteiger partial charge in [-0.05, 0) is 74.1 Å². The highest BCUT2D eigenvalue weighted by molar-refractivity contribution is 6.10. The number of fused-ring (bicyclic) bond motifs is 1. The van der Waals surface area contributed by atoms with Crippen LogP contribution in [0.5, 0.6) is 0 Å². The summed E-state index contributed by atoms with van der Waals surface area (Å²) in [5.41, 5.74) is 5.22. The van der Waals surface area contributed by atoms with Crippen molar-refractivity contribution in [1.82, 2.24) is 0 Å². The number of para-hydroxylation sites is 1. The molecule has 1 aliphatic heterocycles. The summed E-state index contributed by atoms with van der Waals surface area (Å²) in [7, 11) is 2.12. The predicted octanol–water partition coefficient (Wildman–Crippen LogP) is 5.26. The molecule has 4 heteroatoms. The van der Waals surface area contributed by atoms with E-state index in [1.54, 1.807) is 6.08 Å². The molecule has 28 heavy (non-hydrogen) atoms. The monoisotopic (exact) mass is 373 g/mol. The minimum atomic E-state index is -0.388.